The quantitative estimate of drug-likeness (QED) is 0.481. The van der Waals surface area contributed by atoms with E-state index in [-0.39, 0.29) is 10.6 Å². The average Bonchev–Trinajstić information content (AvgIpc) is 2.88. The molecule has 216 valence electrons. The van der Waals surface area contributed by atoms with Gasteiger partial charge in [0, 0.05) is 43.2 Å². The number of nitrogens with zero attached hydrogens (tertiary/aromatic N) is 2. The lowest BCUT2D eigenvalue weighted by Crippen LogP contribution is -2.64. The van der Waals surface area contributed by atoms with Crippen LogP contribution in [0.25, 0.3) is 0 Å². The molecular weight excluding hydrogens is 539 g/mol. The van der Waals surface area contributed by atoms with Crippen LogP contribution in [0.5, 0.6) is 5.75 Å². The zero-order chi connectivity index (χ0) is 29.1. The van der Waals surface area contributed by atoms with Gasteiger partial charge in [0.2, 0.25) is 10.0 Å². The molecule has 3 aliphatic rings. The van der Waals surface area contributed by atoms with E-state index in [1.165, 1.54) is 11.1 Å². The maximum absolute atomic E-state index is 12.2. The number of sulfonamides is 1. The van der Waals surface area contributed by atoms with E-state index in [1.54, 1.807) is 6.07 Å². The van der Waals surface area contributed by atoms with Crippen molar-refractivity contribution in [1.82, 2.24) is 4.90 Å². The summed E-state index contributed by atoms with van der Waals surface area (Å²) in [5.74, 6) is 0.771. The van der Waals surface area contributed by atoms with Crippen molar-refractivity contribution in [2.24, 2.45) is 0 Å². The summed E-state index contributed by atoms with van der Waals surface area (Å²) in [6.07, 6.45) is 5.03. The number of nitrogens with one attached hydrogen (secondary N) is 1. The summed E-state index contributed by atoms with van der Waals surface area (Å²) in [5.41, 5.74) is 4.04. The average molecular weight is 582 g/mol. The third kappa shape index (κ3) is 5.31. The van der Waals surface area contributed by atoms with Crippen LogP contribution in [-0.2, 0) is 22.9 Å². The molecule has 40 heavy (non-hydrogen) atoms. The number of aliphatic hydroxyl groups is 1. The largest absolute Gasteiger partial charge is 0.484 e. The predicted molar refractivity (Wildman–Crippen MR) is 162 cm³/mol. The van der Waals surface area contributed by atoms with Gasteiger partial charge in [-0.2, -0.15) is 5.26 Å². The Morgan fingerprint density at radius 1 is 1.12 bits per heavy atom. The lowest BCUT2D eigenvalue weighted by Gasteiger charge is -2.56. The zero-order valence-corrected chi connectivity index (χ0v) is 26.4. The van der Waals surface area contributed by atoms with Crippen LogP contribution in [0.15, 0.2) is 36.4 Å². The highest BCUT2D eigenvalue weighted by atomic mass is 32.2. The molecule has 0 saturated carbocycles. The van der Waals surface area contributed by atoms with Crippen molar-refractivity contribution < 1.29 is 18.3 Å². The maximum Gasteiger partial charge on any atom is 0.229 e. The number of fused-ring (bicyclic) bond motifs is 2. The minimum Gasteiger partial charge on any atom is -0.484 e. The second-order valence-corrected chi connectivity index (χ2v) is 21.0. The van der Waals surface area contributed by atoms with Crippen molar-refractivity contribution in [3.05, 3.63) is 58.7 Å². The molecule has 0 bridgehead atoms. The summed E-state index contributed by atoms with van der Waals surface area (Å²) in [6, 6.07) is 14.3. The van der Waals surface area contributed by atoms with Gasteiger partial charge in [0.25, 0.3) is 0 Å². The molecule has 5 rings (SSSR count). The molecular formula is C31H43N3O4SSi. The van der Waals surface area contributed by atoms with Crippen LogP contribution < -0.4 is 9.46 Å². The Morgan fingerprint density at radius 2 is 1.82 bits per heavy atom. The fourth-order valence-corrected chi connectivity index (χ4v) is 10.5. The summed E-state index contributed by atoms with van der Waals surface area (Å²) in [7, 11) is -5.58. The van der Waals surface area contributed by atoms with Crippen LogP contribution in [0.2, 0.25) is 18.1 Å². The Kier molecular flexibility index (Phi) is 7.40. The third-order valence-electron chi connectivity index (χ3n) is 10.2. The molecule has 2 aromatic carbocycles. The first-order valence-corrected chi connectivity index (χ1v) is 19.4. The van der Waals surface area contributed by atoms with Gasteiger partial charge in [0.05, 0.1) is 32.1 Å². The fraction of sp³-hybridized carbons (Fsp3) is 0.581. The van der Waals surface area contributed by atoms with Gasteiger partial charge in [0.15, 0.2) is 0 Å². The number of piperidine rings is 1. The molecule has 2 aromatic rings. The Hall–Kier alpha value is -2.38. The lowest BCUT2D eigenvalue weighted by molar-refractivity contribution is -0.109. The molecule has 1 aliphatic carbocycles. The van der Waals surface area contributed by atoms with Crippen LogP contribution in [0.1, 0.15) is 67.8 Å². The fourth-order valence-electron chi connectivity index (χ4n) is 6.95. The van der Waals surface area contributed by atoms with Crippen molar-refractivity contribution >= 4 is 23.8 Å². The van der Waals surface area contributed by atoms with Gasteiger partial charge in [-0.15, -0.1) is 0 Å². The number of anilines is 1. The maximum atomic E-state index is 12.2. The SMILES string of the molecule is CC(C)(C)[Si](C)(C)[C@@H]1c2cc(NS(C)(=O)=O)ccc2OC2(CCN([C@@H]3CCc4cc(C#N)ccc4C3)CC2)C1O. The number of benzene rings is 2. The van der Waals surface area contributed by atoms with Crippen LogP contribution in [0.3, 0.4) is 0 Å². The molecule has 3 atom stereocenters. The van der Waals surface area contributed by atoms with Crippen LogP contribution in [0, 0.1) is 11.3 Å². The minimum atomic E-state index is -3.43. The van der Waals surface area contributed by atoms with Gasteiger partial charge in [-0.05, 0) is 71.3 Å². The molecule has 0 aromatic heterocycles. The molecule has 0 amide bonds. The molecule has 0 radical (unpaired) electrons. The first kappa shape index (κ1) is 29.1. The summed E-state index contributed by atoms with van der Waals surface area (Å²) < 4.78 is 33.3. The van der Waals surface area contributed by atoms with Gasteiger partial charge in [0.1, 0.15) is 11.4 Å². The van der Waals surface area contributed by atoms with Crippen LogP contribution >= 0.6 is 0 Å². The molecule has 1 unspecified atom stereocenters. The number of hydrogen-bond donors (Lipinski definition) is 2. The van der Waals surface area contributed by atoms with E-state index in [2.05, 4.69) is 55.6 Å². The van der Waals surface area contributed by atoms with E-state index < -0.39 is 29.8 Å². The molecule has 1 saturated heterocycles. The molecule has 2 heterocycles. The number of nitriles is 1. The smallest absolute Gasteiger partial charge is 0.229 e. The van der Waals surface area contributed by atoms with E-state index >= 15 is 0 Å². The summed E-state index contributed by atoms with van der Waals surface area (Å²) in [5, 5.41) is 21.5. The standard InChI is InChI=1S/C31H43N3O4SSi/c1-30(2,3)40(5,6)28-26-19-24(33-39(4,36)37)10-12-27(26)38-31(29(28)35)13-15-34(16-14-31)25-11-9-22-17-21(20-32)7-8-23(22)18-25/h7-8,10,12,17,19,25,28-29,33,35H,9,11,13-16,18H2,1-6H3/t25-,28-,29?/m1/s1. The van der Waals surface area contributed by atoms with E-state index in [0.29, 0.717) is 11.7 Å². The van der Waals surface area contributed by atoms with Gasteiger partial charge >= 0.3 is 0 Å². The highest BCUT2D eigenvalue weighted by Crippen LogP contribution is 2.55. The van der Waals surface area contributed by atoms with Crippen LogP contribution in [-0.4, -0.2) is 63.6 Å². The molecule has 2 N–H and O–H groups in total. The molecule has 1 spiro atoms. The number of aryl methyl sites for hydroxylation is 1. The number of rotatable bonds is 4. The number of aliphatic hydroxyl groups excluding tert-OH is 1. The third-order valence-corrected chi connectivity index (χ3v) is 16.9. The number of ether oxygens (including phenoxy) is 1. The van der Waals surface area contributed by atoms with E-state index in [4.69, 9.17) is 4.74 Å². The van der Waals surface area contributed by atoms with E-state index in [1.807, 2.05) is 24.3 Å². The minimum absolute atomic E-state index is 0.0102. The summed E-state index contributed by atoms with van der Waals surface area (Å²) in [6.45, 7) is 13.2. The monoisotopic (exact) mass is 581 g/mol. The van der Waals surface area contributed by atoms with Crippen molar-refractivity contribution in [2.75, 3.05) is 24.1 Å². The molecule has 9 heteroatoms. The zero-order valence-electron chi connectivity index (χ0n) is 24.6. The molecule has 2 aliphatic heterocycles. The normalized spacial score (nSPS) is 24.9. The van der Waals surface area contributed by atoms with Crippen molar-refractivity contribution in [1.29, 1.82) is 5.26 Å². The first-order valence-electron chi connectivity index (χ1n) is 14.4. The van der Waals surface area contributed by atoms with E-state index in [0.717, 1.165) is 68.3 Å². The Bertz CT molecular complexity index is 1440. The van der Waals surface area contributed by atoms with Crippen LogP contribution in [0.4, 0.5) is 5.69 Å². The van der Waals surface area contributed by atoms with Crippen molar-refractivity contribution in [3.63, 3.8) is 0 Å². The predicted octanol–water partition coefficient (Wildman–Crippen LogP) is 5.21. The summed E-state index contributed by atoms with van der Waals surface area (Å²) in [4.78, 5) is 2.57. The van der Waals surface area contributed by atoms with Gasteiger partial charge in [-0.3, -0.25) is 9.62 Å². The summed E-state index contributed by atoms with van der Waals surface area (Å²) >= 11 is 0. The topological polar surface area (TPSA) is 103 Å². The second kappa shape index (κ2) is 10.2. The van der Waals surface area contributed by atoms with E-state index in [9.17, 15) is 18.8 Å². The molecule has 1 fully saturated rings. The van der Waals surface area contributed by atoms with Crippen molar-refractivity contribution in [3.8, 4) is 11.8 Å². The first-order chi connectivity index (χ1) is 18.6. The number of likely N-dealkylation sites (tertiary alicyclic amines) is 1. The lowest BCUT2D eigenvalue weighted by atomic mass is 9.78. The second-order valence-electron chi connectivity index (χ2n) is 13.7. The Morgan fingerprint density at radius 3 is 2.45 bits per heavy atom. The van der Waals surface area contributed by atoms with Gasteiger partial charge in [-0.25, -0.2) is 8.42 Å². The highest BCUT2D eigenvalue weighted by molar-refractivity contribution is 7.92. The van der Waals surface area contributed by atoms with Gasteiger partial charge in [-0.1, -0.05) is 39.9 Å². The molecule has 7 nitrogen and oxygen atoms in total. The van der Waals surface area contributed by atoms with Gasteiger partial charge < -0.3 is 9.84 Å². The Labute approximate surface area is 240 Å². The number of hydrogen-bond acceptors (Lipinski definition) is 6. The highest BCUT2D eigenvalue weighted by Gasteiger charge is 2.57. The van der Waals surface area contributed by atoms with Crippen molar-refractivity contribution in [2.45, 2.75) is 94.3 Å². The Balaban J connectivity index is 1.41.